The Balaban J connectivity index is 0.00000450. The molecule has 1 atom stereocenters. The van der Waals surface area contributed by atoms with E-state index in [4.69, 9.17) is 14.2 Å². The van der Waals surface area contributed by atoms with Crippen molar-refractivity contribution < 1.29 is 27.4 Å². The van der Waals surface area contributed by atoms with Gasteiger partial charge in [-0.25, -0.2) is 0 Å². The molecule has 30 heavy (non-hydrogen) atoms. The third-order valence-electron chi connectivity index (χ3n) is 4.42. The van der Waals surface area contributed by atoms with E-state index >= 15 is 0 Å². The Morgan fingerprint density at radius 1 is 1.30 bits per heavy atom. The molecule has 0 bridgehead atoms. The summed E-state index contributed by atoms with van der Waals surface area (Å²) < 4.78 is 53.3. The van der Waals surface area contributed by atoms with Crippen molar-refractivity contribution in [1.29, 1.82) is 0 Å². The quantitative estimate of drug-likeness (QED) is 0.204. The molecule has 1 aliphatic rings. The first-order chi connectivity index (χ1) is 13.9. The van der Waals surface area contributed by atoms with Crippen molar-refractivity contribution in [3.63, 3.8) is 0 Å². The Kier molecular flexibility index (Phi) is 12.4. The van der Waals surface area contributed by atoms with Crippen LogP contribution in [0.15, 0.2) is 23.2 Å². The first kappa shape index (κ1) is 26.8. The molecule has 1 heterocycles. The molecule has 0 aliphatic carbocycles. The van der Waals surface area contributed by atoms with E-state index in [2.05, 4.69) is 15.6 Å². The van der Waals surface area contributed by atoms with Crippen molar-refractivity contribution in [3.05, 3.63) is 29.3 Å². The number of hydrogen-bond donors (Lipinski definition) is 2. The Morgan fingerprint density at radius 2 is 2.10 bits per heavy atom. The van der Waals surface area contributed by atoms with Gasteiger partial charge < -0.3 is 24.8 Å². The van der Waals surface area contributed by atoms with Crippen LogP contribution in [0.1, 0.15) is 24.0 Å². The fourth-order valence-electron chi connectivity index (χ4n) is 2.85. The molecule has 0 saturated carbocycles. The zero-order chi connectivity index (χ0) is 21.1. The third kappa shape index (κ3) is 10.7. The number of benzene rings is 1. The van der Waals surface area contributed by atoms with E-state index in [9.17, 15) is 13.2 Å². The monoisotopic (exact) mass is 545 g/mol. The van der Waals surface area contributed by atoms with E-state index in [-0.39, 0.29) is 29.7 Å². The van der Waals surface area contributed by atoms with Gasteiger partial charge in [-0.2, -0.15) is 13.2 Å². The largest absolute Gasteiger partial charge is 0.484 e. The smallest absolute Gasteiger partial charge is 0.422 e. The zero-order valence-corrected chi connectivity index (χ0v) is 19.7. The molecule has 1 aromatic carbocycles. The number of nitrogens with zero attached hydrogens (tertiary/aromatic N) is 1. The number of nitrogens with one attached hydrogen (secondary N) is 2. The van der Waals surface area contributed by atoms with Gasteiger partial charge in [-0.05, 0) is 31.4 Å². The van der Waals surface area contributed by atoms with Crippen molar-refractivity contribution in [1.82, 2.24) is 10.6 Å². The fourth-order valence-corrected chi connectivity index (χ4v) is 2.85. The lowest BCUT2D eigenvalue weighted by molar-refractivity contribution is -0.153. The summed E-state index contributed by atoms with van der Waals surface area (Å²) in [6, 6.07) is 5.19. The van der Waals surface area contributed by atoms with E-state index in [1.54, 1.807) is 26.1 Å². The highest BCUT2D eigenvalue weighted by molar-refractivity contribution is 14.0. The van der Waals surface area contributed by atoms with Crippen LogP contribution < -0.4 is 15.4 Å². The number of aliphatic imine (C=N–C) groups is 1. The number of hydrogen-bond acceptors (Lipinski definition) is 4. The van der Waals surface area contributed by atoms with Gasteiger partial charge in [-0.15, -0.1) is 24.0 Å². The predicted octanol–water partition coefficient (Wildman–Crippen LogP) is 3.66. The Morgan fingerprint density at radius 3 is 2.77 bits per heavy atom. The van der Waals surface area contributed by atoms with Gasteiger partial charge in [0.1, 0.15) is 5.75 Å². The van der Waals surface area contributed by atoms with E-state index in [1.807, 2.05) is 6.07 Å². The number of halogens is 4. The van der Waals surface area contributed by atoms with Gasteiger partial charge in [-0.1, -0.05) is 12.1 Å². The average molecular weight is 545 g/mol. The second-order valence-electron chi connectivity index (χ2n) is 7.03. The minimum absolute atomic E-state index is 0. The molecule has 1 aromatic rings. The number of alkyl halides is 3. The number of guanidine groups is 1. The summed E-state index contributed by atoms with van der Waals surface area (Å²) in [5.41, 5.74) is 1.46. The zero-order valence-electron chi connectivity index (χ0n) is 17.4. The van der Waals surface area contributed by atoms with Crippen LogP contribution in [0.5, 0.6) is 5.75 Å². The van der Waals surface area contributed by atoms with Gasteiger partial charge in [0.2, 0.25) is 0 Å². The maximum Gasteiger partial charge on any atom is 0.422 e. The summed E-state index contributed by atoms with van der Waals surface area (Å²) in [6.07, 6.45) is -2.50. The highest BCUT2D eigenvalue weighted by Gasteiger charge is 2.28. The van der Waals surface area contributed by atoms with Crippen LogP contribution in [-0.2, 0) is 16.0 Å². The normalized spacial score (nSPS) is 16.8. The SMILES string of the molecule is CN=C(NCCCOCC1CCOC1)NCc1ccc(C)cc1OCC(F)(F)F.I. The van der Waals surface area contributed by atoms with Gasteiger partial charge in [0.05, 0.1) is 13.2 Å². The summed E-state index contributed by atoms with van der Waals surface area (Å²) in [5.74, 6) is 1.28. The standard InChI is InChI=1S/C20H30F3N3O3.HI/c1-15-4-5-17(18(10-15)29-14-20(21,22)23)11-26-19(24-2)25-7-3-8-27-12-16-6-9-28-13-16;/h4-5,10,16H,3,6-9,11-14H2,1-2H3,(H2,24,25,26);1H. The van der Waals surface area contributed by atoms with Crippen LogP contribution in [0.4, 0.5) is 13.2 Å². The molecule has 2 N–H and O–H groups in total. The van der Waals surface area contributed by atoms with Gasteiger partial charge in [0.25, 0.3) is 0 Å². The van der Waals surface area contributed by atoms with Gasteiger partial charge in [0.15, 0.2) is 12.6 Å². The maximum atomic E-state index is 12.5. The molecule has 0 spiro atoms. The molecule has 0 amide bonds. The van der Waals surface area contributed by atoms with E-state index in [0.717, 1.165) is 38.2 Å². The van der Waals surface area contributed by atoms with Crippen molar-refractivity contribution in [2.24, 2.45) is 10.9 Å². The lowest BCUT2D eigenvalue weighted by Crippen LogP contribution is -2.37. The molecule has 0 radical (unpaired) electrons. The predicted molar refractivity (Wildman–Crippen MR) is 121 cm³/mol. The molecule has 1 unspecified atom stereocenters. The van der Waals surface area contributed by atoms with Gasteiger partial charge >= 0.3 is 6.18 Å². The van der Waals surface area contributed by atoms with Crippen LogP contribution in [0.3, 0.4) is 0 Å². The fraction of sp³-hybridized carbons (Fsp3) is 0.650. The van der Waals surface area contributed by atoms with Crippen LogP contribution >= 0.6 is 24.0 Å². The van der Waals surface area contributed by atoms with E-state index < -0.39 is 12.8 Å². The summed E-state index contributed by atoms with van der Waals surface area (Å²) in [7, 11) is 1.64. The van der Waals surface area contributed by atoms with Crippen molar-refractivity contribution in [2.45, 2.75) is 32.5 Å². The van der Waals surface area contributed by atoms with Gasteiger partial charge in [-0.3, -0.25) is 4.99 Å². The Labute approximate surface area is 193 Å². The molecular formula is C20H31F3IN3O3. The van der Waals surface area contributed by atoms with E-state index in [1.165, 1.54) is 0 Å². The second kappa shape index (κ2) is 13.9. The number of rotatable bonds is 10. The lowest BCUT2D eigenvalue weighted by atomic mass is 10.1. The molecule has 6 nitrogen and oxygen atoms in total. The molecule has 1 aliphatic heterocycles. The second-order valence-corrected chi connectivity index (χ2v) is 7.03. The third-order valence-corrected chi connectivity index (χ3v) is 4.42. The van der Waals surface area contributed by atoms with Crippen molar-refractivity contribution in [3.8, 4) is 5.75 Å². The van der Waals surface area contributed by atoms with E-state index in [0.29, 0.717) is 37.1 Å². The Bertz CT molecular complexity index is 654. The van der Waals surface area contributed by atoms with Crippen LogP contribution in [-0.4, -0.2) is 58.8 Å². The minimum atomic E-state index is -4.38. The lowest BCUT2D eigenvalue weighted by Gasteiger charge is -2.16. The van der Waals surface area contributed by atoms with Crippen molar-refractivity contribution in [2.75, 3.05) is 46.6 Å². The van der Waals surface area contributed by atoms with Crippen molar-refractivity contribution >= 4 is 29.9 Å². The maximum absolute atomic E-state index is 12.5. The average Bonchev–Trinajstić information content (AvgIpc) is 3.19. The molecule has 2 rings (SSSR count). The molecule has 1 saturated heterocycles. The molecular weight excluding hydrogens is 514 g/mol. The summed E-state index contributed by atoms with van der Waals surface area (Å²) in [5, 5.41) is 6.27. The minimum Gasteiger partial charge on any atom is -0.484 e. The highest BCUT2D eigenvalue weighted by atomic mass is 127. The van der Waals surface area contributed by atoms with Crippen LogP contribution in [0.2, 0.25) is 0 Å². The van der Waals surface area contributed by atoms with Gasteiger partial charge in [0, 0.05) is 44.8 Å². The summed E-state index contributed by atoms with van der Waals surface area (Å²) >= 11 is 0. The molecule has 0 aromatic heterocycles. The first-order valence-electron chi connectivity index (χ1n) is 9.76. The molecule has 172 valence electrons. The highest BCUT2D eigenvalue weighted by Crippen LogP contribution is 2.23. The summed E-state index contributed by atoms with van der Waals surface area (Å²) in [4.78, 5) is 4.13. The summed E-state index contributed by atoms with van der Waals surface area (Å²) in [6.45, 7) is 4.43. The number of ether oxygens (including phenoxy) is 3. The van der Waals surface area contributed by atoms with Crippen LogP contribution in [0.25, 0.3) is 0 Å². The molecule has 1 fully saturated rings. The first-order valence-corrected chi connectivity index (χ1v) is 9.76. The number of aryl methyl sites for hydroxylation is 1. The topological polar surface area (TPSA) is 64.1 Å². The van der Waals surface area contributed by atoms with Crippen LogP contribution in [0, 0.1) is 12.8 Å². The Hall–Kier alpha value is -1.27. The molecule has 10 heteroatoms.